The molecule has 1 unspecified atom stereocenters. The molecule has 1 atom stereocenters. The average molecular weight is 345 g/mol. The van der Waals surface area contributed by atoms with E-state index in [4.69, 9.17) is 9.26 Å². The van der Waals surface area contributed by atoms with Gasteiger partial charge in [-0.25, -0.2) is 0 Å². The highest BCUT2D eigenvalue weighted by Crippen LogP contribution is 2.29. The van der Waals surface area contributed by atoms with Gasteiger partial charge in [0, 0.05) is 39.4 Å². The average Bonchev–Trinajstić information content (AvgIpc) is 3.03. The molecule has 0 aromatic carbocycles. The van der Waals surface area contributed by atoms with Gasteiger partial charge >= 0.3 is 0 Å². The minimum atomic E-state index is -0.00397. The van der Waals surface area contributed by atoms with Crippen LogP contribution in [-0.4, -0.2) is 57.0 Å². The van der Waals surface area contributed by atoms with Gasteiger partial charge in [-0.2, -0.15) is 10.1 Å². The summed E-state index contributed by atoms with van der Waals surface area (Å²) >= 11 is 0. The number of hydrogen-bond acceptors (Lipinski definition) is 6. The van der Waals surface area contributed by atoms with Crippen molar-refractivity contribution in [2.75, 3.05) is 26.3 Å². The van der Waals surface area contributed by atoms with E-state index in [1.54, 1.807) is 24.0 Å². The molecule has 2 fully saturated rings. The molecule has 1 saturated heterocycles. The Kier molecular flexibility index (Phi) is 4.52. The summed E-state index contributed by atoms with van der Waals surface area (Å²) in [5.74, 6) is 2.17. The summed E-state index contributed by atoms with van der Waals surface area (Å²) < 4.78 is 12.6. The van der Waals surface area contributed by atoms with E-state index in [1.807, 2.05) is 4.90 Å². The van der Waals surface area contributed by atoms with E-state index in [0.29, 0.717) is 43.5 Å². The second kappa shape index (κ2) is 6.95. The second-order valence-corrected chi connectivity index (χ2v) is 6.89. The van der Waals surface area contributed by atoms with Crippen LogP contribution in [0, 0.1) is 5.92 Å². The lowest BCUT2D eigenvalue weighted by atomic mass is 10.1. The van der Waals surface area contributed by atoms with Gasteiger partial charge in [-0.05, 0) is 31.2 Å². The molecule has 2 aromatic rings. The third-order valence-electron chi connectivity index (χ3n) is 4.87. The number of ether oxygens (including phenoxy) is 1. The third kappa shape index (κ3) is 3.73. The van der Waals surface area contributed by atoms with E-state index in [1.165, 1.54) is 12.8 Å². The number of nitrogens with zero attached hydrogens (tertiary/aromatic N) is 5. The molecule has 2 aromatic heterocycles. The van der Waals surface area contributed by atoms with Crippen LogP contribution in [0.1, 0.15) is 47.4 Å². The van der Waals surface area contributed by atoms with Gasteiger partial charge in [-0.3, -0.25) is 9.48 Å². The molecule has 1 amide bonds. The number of likely N-dealkylation sites (tertiary alicyclic amines) is 1. The fraction of sp³-hybridized carbons (Fsp3) is 0.647. The van der Waals surface area contributed by atoms with Crippen molar-refractivity contribution < 1.29 is 14.1 Å². The van der Waals surface area contributed by atoms with Gasteiger partial charge < -0.3 is 14.2 Å². The fourth-order valence-electron chi connectivity index (χ4n) is 3.12. The minimum Gasteiger partial charge on any atom is -0.381 e. The van der Waals surface area contributed by atoms with E-state index in [0.717, 1.165) is 18.9 Å². The van der Waals surface area contributed by atoms with Crippen molar-refractivity contribution in [2.45, 2.75) is 31.6 Å². The molecular formula is C17H23N5O3. The molecule has 0 bridgehead atoms. The zero-order valence-corrected chi connectivity index (χ0v) is 14.4. The summed E-state index contributed by atoms with van der Waals surface area (Å²) in [5, 5.41) is 8.10. The van der Waals surface area contributed by atoms with Gasteiger partial charge in [0.1, 0.15) is 5.69 Å². The lowest BCUT2D eigenvalue weighted by molar-refractivity contribution is 0.0778. The van der Waals surface area contributed by atoms with Crippen molar-refractivity contribution in [3.63, 3.8) is 0 Å². The van der Waals surface area contributed by atoms with Gasteiger partial charge in [0.05, 0.1) is 12.5 Å². The van der Waals surface area contributed by atoms with E-state index in [-0.39, 0.29) is 11.8 Å². The molecule has 4 rings (SSSR count). The first-order chi connectivity index (χ1) is 12.2. The molecule has 3 heterocycles. The molecule has 25 heavy (non-hydrogen) atoms. The van der Waals surface area contributed by atoms with Crippen LogP contribution < -0.4 is 0 Å². The standard InChI is InChI=1S/C17H23N5O3/c1-21-14(4-7-18-21)17(23)22-8-5-13(10-22)16-19-15(20-25-16)6-9-24-11-12-2-3-12/h4,7,12-13H,2-3,5-6,8-11H2,1H3. The molecule has 8 nitrogen and oxygen atoms in total. The van der Waals surface area contributed by atoms with Gasteiger partial charge in [0.25, 0.3) is 5.91 Å². The van der Waals surface area contributed by atoms with E-state index in [9.17, 15) is 4.79 Å². The quantitative estimate of drug-likeness (QED) is 0.705. The fourth-order valence-corrected chi connectivity index (χ4v) is 3.12. The lowest BCUT2D eigenvalue weighted by Gasteiger charge is -2.15. The van der Waals surface area contributed by atoms with Gasteiger partial charge in [-0.15, -0.1) is 0 Å². The van der Waals surface area contributed by atoms with Crippen molar-refractivity contribution in [3.05, 3.63) is 29.7 Å². The Hall–Kier alpha value is -2.22. The SMILES string of the molecule is Cn1nccc1C(=O)N1CCC(c2nc(CCOCC3CC3)no2)C1. The smallest absolute Gasteiger partial charge is 0.272 e. The second-order valence-electron chi connectivity index (χ2n) is 6.89. The molecule has 1 aliphatic heterocycles. The summed E-state index contributed by atoms with van der Waals surface area (Å²) in [6.45, 7) is 2.77. The van der Waals surface area contributed by atoms with Gasteiger partial charge in [0.15, 0.2) is 5.82 Å². The van der Waals surface area contributed by atoms with Crippen LogP contribution in [0.5, 0.6) is 0 Å². The Morgan fingerprint density at radius 1 is 1.40 bits per heavy atom. The zero-order valence-electron chi connectivity index (χ0n) is 14.4. The molecule has 1 aliphatic carbocycles. The summed E-state index contributed by atoms with van der Waals surface area (Å²) in [6.07, 6.45) is 5.73. The predicted molar refractivity (Wildman–Crippen MR) is 88.0 cm³/mol. The Labute approximate surface area is 146 Å². The Morgan fingerprint density at radius 3 is 3.04 bits per heavy atom. The number of aromatic nitrogens is 4. The molecule has 8 heteroatoms. The molecular weight excluding hydrogens is 322 g/mol. The molecule has 134 valence electrons. The largest absolute Gasteiger partial charge is 0.381 e. The molecule has 0 radical (unpaired) electrons. The van der Waals surface area contributed by atoms with E-state index < -0.39 is 0 Å². The topological polar surface area (TPSA) is 86.3 Å². The molecule has 1 saturated carbocycles. The van der Waals surface area contributed by atoms with Crippen LogP contribution in [0.4, 0.5) is 0 Å². The number of hydrogen-bond donors (Lipinski definition) is 0. The van der Waals surface area contributed by atoms with E-state index >= 15 is 0 Å². The van der Waals surface area contributed by atoms with Crippen molar-refractivity contribution in [1.82, 2.24) is 24.8 Å². The van der Waals surface area contributed by atoms with Gasteiger partial charge in [0.2, 0.25) is 5.89 Å². The summed E-state index contributed by atoms with van der Waals surface area (Å²) in [7, 11) is 1.77. The first-order valence-corrected chi connectivity index (χ1v) is 8.88. The van der Waals surface area contributed by atoms with Crippen molar-refractivity contribution in [2.24, 2.45) is 13.0 Å². The summed E-state index contributed by atoms with van der Waals surface area (Å²) in [6, 6.07) is 1.74. The van der Waals surface area contributed by atoms with Crippen LogP contribution in [0.2, 0.25) is 0 Å². The Morgan fingerprint density at radius 2 is 2.28 bits per heavy atom. The van der Waals surface area contributed by atoms with Crippen LogP contribution in [0.15, 0.2) is 16.8 Å². The monoisotopic (exact) mass is 345 g/mol. The van der Waals surface area contributed by atoms with E-state index in [2.05, 4.69) is 15.2 Å². The zero-order chi connectivity index (χ0) is 17.2. The highest BCUT2D eigenvalue weighted by Gasteiger charge is 2.32. The summed E-state index contributed by atoms with van der Waals surface area (Å²) in [5.41, 5.74) is 0.597. The van der Waals surface area contributed by atoms with Gasteiger partial charge in [-0.1, -0.05) is 5.16 Å². The molecule has 0 N–H and O–H groups in total. The highest BCUT2D eigenvalue weighted by molar-refractivity contribution is 5.92. The normalized spacial score (nSPS) is 20.4. The van der Waals surface area contributed by atoms with Crippen LogP contribution >= 0.6 is 0 Å². The van der Waals surface area contributed by atoms with Crippen molar-refractivity contribution >= 4 is 5.91 Å². The highest BCUT2D eigenvalue weighted by atomic mass is 16.5. The molecule has 0 spiro atoms. The number of carbonyl (C=O) groups excluding carboxylic acids is 1. The predicted octanol–water partition coefficient (Wildman–Crippen LogP) is 1.40. The number of amides is 1. The van der Waals surface area contributed by atoms with Crippen molar-refractivity contribution in [3.8, 4) is 0 Å². The first kappa shape index (κ1) is 16.3. The number of rotatable bonds is 7. The minimum absolute atomic E-state index is 0.00397. The summed E-state index contributed by atoms with van der Waals surface area (Å²) in [4.78, 5) is 18.8. The first-order valence-electron chi connectivity index (χ1n) is 8.88. The third-order valence-corrected chi connectivity index (χ3v) is 4.87. The Bertz CT molecular complexity index is 736. The lowest BCUT2D eigenvalue weighted by Crippen LogP contribution is -2.30. The number of aryl methyl sites for hydroxylation is 1. The maximum Gasteiger partial charge on any atom is 0.272 e. The maximum atomic E-state index is 12.5. The Balaban J connectivity index is 1.29. The van der Waals surface area contributed by atoms with Crippen molar-refractivity contribution in [1.29, 1.82) is 0 Å². The number of carbonyl (C=O) groups is 1. The van der Waals surface area contributed by atoms with Crippen LogP contribution in [-0.2, 0) is 18.2 Å². The molecule has 2 aliphatic rings. The maximum absolute atomic E-state index is 12.5. The van der Waals surface area contributed by atoms with Crippen LogP contribution in [0.25, 0.3) is 0 Å². The van der Waals surface area contributed by atoms with Crippen LogP contribution in [0.3, 0.4) is 0 Å².